The van der Waals surface area contributed by atoms with Crippen LogP contribution in [0.25, 0.3) is 0 Å². The van der Waals surface area contributed by atoms with E-state index in [1.165, 1.54) is 154 Å². The fourth-order valence-corrected chi connectivity index (χ4v) is 6.03. The van der Waals surface area contributed by atoms with Crippen LogP contribution in [0.1, 0.15) is 206 Å². The molecule has 0 spiro atoms. The highest BCUT2D eigenvalue weighted by molar-refractivity contribution is 5.87. The summed E-state index contributed by atoms with van der Waals surface area (Å²) in [6.45, 7) is 6.12. The summed E-state index contributed by atoms with van der Waals surface area (Å²) < 4.78 is 0. The number of carbonyl (C=O) groups excluding carboxylic acids is 2. The maximum atomic E-state index is 12.9. The Morgan fingerprint density at radius 1 is 0.511 bits per heavy atom. The molecule has 2 amide bonds. The summed E-state index contributed by atoms with van der Waals surface area (Å²) in [4.78, 5) is 25.5. The minimum Gasteiger partial charge on any atom is -0.354 e. The molecular weight excluding hydrogens is 554 g/mol. The average Bonchev–Trinajstić information content (AvgIpc) is 3.04. The topological polar surface area (TPSA) is 70.2 Å². The molecule has 0 aliphatic rings. The SMILES string of the molecule is CCCCCCCC/C=C/CCCCCCCC(=O)NC(CCCNC)C(=O)NCCCCCCCCCCCCCCCC. The molecule has 0 aliphatic carbocycles. The lowest BCUT2D eigenvalue weighted by molar-refractivity contribution is -0.129. The number of carbonyl (C=O) groups is 2. The Labute approximate surface area is 281 Å². The summed E-state index contributed by atoms with van der Waals surface area (Å²) in [6, 6.07) is -0.416. The van der Waals surface area contributed by atoms with Crippen molar-refractivity contribution < 1.29 is 9.59 Å². The summed E-state index contributed by atoms with van der Waals surface area (Å²) in [5.41, 5.74) is 0. The second-order valence-electron chi connectivity index (χ2n) is 13.6. The summed E-state index contributed by atoms with van der Waals surface area (Å²) in [5.74, 6) is 0.00687. The Morgan fingerprint density at radius 3 is 1.40 bits per heavy atom. The Hall–Kier alpha value is -1.36. The van der Waals surface area contributed by atoms with Crippen LogP contribution in [-0.2, 0) is 9.59 Å². The number of hydrogen-bond acceptors (Lipinski definition) is 3. The Bertz CT molecular complexity index is 651. The molecule has 1 unspecified atom stereocenters. The molecule has 5 heteroatoms. The van der Waals surface area contributed by atoms with E-state index in [-0.39, 0.29) is 11.8 Å². The van der Waals surface area contributed by atoms with Crippen LogP contribution in [-0.4, -0.2) is 38.0 Å². The van der Waals surface area contributed by atoms with E-state index in [2.05, 4.69) is 41.9 Å². The molecule has 0 heterocycles. The molecule has 45 heavy (non-hydrogen) atoms. The molecule has 1 atom stereocenters. The zero-order chi connectivity index (χ0) is 32.9. The fraction of sp³-hybridized carbons (Fsp3) is 0.900. The number of unbranched alkanes of at least 4 members (excludes halogenated alkanes) is 24. The summed E-state index contributed by atoms with van der Waals surface area (Å²) in [7, 11) is 1.93. The van der Waals surface area contributed by atoms with E-state index in [1.54, 1.807) is 0 Å². The van der Waals surface area contributed by atoms with Gasteiger partial charge >= 0.3 is 0 Å². The zero-order valence-corrected chi connectivity index (χ0v) is 30.7. The van der Waals surface area contributed by atoms with Crippen molar-refractivity contribution in [1.82, 2.24) is 16.0 Å². The molecule has 0 aromatic rings. The molecule has 3 N–H and O–H groups in total. The van der Waals surface area contributed by atoms with Gasteiger partial charge in [0.15, 0.2) is 0 Å². The van der Waals surface area contributed by atoms with Gasteiger partial charge in [-0.25, -0.2) is 0 Å². The second-order valence-corrected chi connectivity index (χ2v) is 13.6. The van der Waals surface area contributed by atoms with E-state index in [4.69, 9.17) is 0 Å². The Morgan fingerprint density at radius 2 is 0.933 bits per heavy atom. The maximum absolute atomic E-state index is 12.9. The van der Waals surface area contributed by atoms with Gasteiger partial charge < -0.3 is 16.0 Å². The largest absolute Gasteiger partial charge is 0.354 e. The second kappa shape index (κ2) is 37.1. The standard InChI is InChI=1S/C40H79N3O2/c1-4-6-8-10-12-14-16-18-20-21-23-25-27-29-31-35-39(44)43-38(34-33-36-41-3)40(45)42-37-32-30-28-26-24-22-19-17-15-13-11-9-7-5-2/h18,20,38,41H,4-17,19,21-37H2,1-3H3,(H,42,45)(H,43,44)/b20-18+. The summed E-state index contributed by atoms with van der Waals surface area (Å²) in [6.07, 6.45) is 41.8. The molecule has 266 valence electrons. The van der Waals surface area contributed by atoms with Crippen LogP contribution < -0.4 is 16.0 Å². The fourth-order valence-electron chi connectivity index (χ4n) is 6.03. The van der Waals surface area contributed by atoms with Gasteiger partial charge in [0, 0.05) is 13.0 Å². The monoisotopic (exact) mass is 634 g/mol. The number of rotatable bonds is 36. The minimum atomic E-state index is -0.416. The van der Waals surface area contributed by atoms with Gasteiger partial charge in [0.2, 0.25) is 11.8 Å². The average molecular weight is 634 g/mol. The third-order valence-electron chi connectivity index (χ3n) is 9.07. The Balaban J connectivity index is 3.85. The van der Waals surface area contributed by atoms with Gasteiger partial charge in [-0.05, 0) is 65.0 Å². The van der Waals surface area contributed by atoms with Gasteiger partial charge in [0.1, 0.15) is 6.04 Å². The first-order chi connectivity index (χ1) is 22.2. The number of hydrogen-bond donors (Lipinski definition) is 3. The van der Waals surface area contributed by atoms with Crippen molar-refractivity contribution in [3.8, 4) is 0 Å². The lowest BCUT2D eigenvalue weighted by Gasteiger charge is -2.18. The van der Waals surface area contributed by atoms with Crippen LogP contribution in [0, 0.1) is 0 Å². The van der Waals surface area contributed by atoms with Crippen molar-refractivity contribution in [3.05, 3.63) is 12.2 Å². The van der Waals surface area contributed by atoms with Crippen LogP contribution in [0.3, 0.4) is 0 Å². The number of nitrogens with one attached hydrogen (secondary N) is 3. The van der Waals surface area contributed by atoms with Gasteiger partial charge in [-0.2, -0.15) is 0 Å². The zero-order valence-electron chi connectivity index (χ0n) is 30.7. The molecule has 0 rings (SSSR count). The molecule has 0 aliphatic heterocycles. The quantitative estimate of drug-likeness (QED) is 0.0475. The van der Waals surface area contributed by atoms with Gasteiger partial charge in [-0.15, -0.1) is 0 Å². The van der Waals surface area contributed by atoms with Crippen LogP contribution in [0.2, 0.25) is 0 Å². The predicted molar refractivity (Wildman–Crippen MR) is 198 cm³/mol. The van der Waals surface area contributed by atoms with E-state index >= 15 is 0 Å². The molecule has 0 saturated heterocycles. The van der Waals surface area contributed by atoms with Gasteiger partial charge in [-0.1, -0.05) is 161 Å². The van der Waals surface area contributed by atoms with Crippen molar-refractivity contribution in [2.45, 2.75) is 213 Å². The lowest BCUT2D eigenvalue weighted by atomic mass is 10.0. The van der Waals surface area contributed by atoms with Gasteiger partial charge in [-0.3, -0.25) is 9.59 Å². The van der Waals surface area contributed by atoms with Crippen molar-refractivity contribution in [3.63, 3.8) is 0 Å². The third kappa shape index (κ3) is 33.8. The van der Waals surface area contributed by atoms with Crippen molar-refractivity contribution in [2.75, 3.05) is 20.1 Å². The smallest absolute Gasteiger partial charge is 0.242 e. The van der Waals surface area contributed by atoms with Crippen molar-refractivity contribution >= 4 is 11.8 Å². The van der Waals surface area contributed by atoms with Gasteiger partial charge in [0.05, 0.1) is 0 Å². The molecule has 0 aromatic heterocycles. The first-order valence-electron chi connectivity index (χ1n) is 20.0. The van der Waals surface area contributed by atoms with E-state index < -0.39 is 6.04 Å². The van der Waals surface area contributed by atoms with Crippen LogP contribution in [0.5, 0.6) is 0 Å². The van der Waals surface area contributed by atoms with E-state index in [9.17, 15) is 9.59 Å². The highest BCUT2D eigenvalue weighted by Crippen LogP contribution is 2.13. The number of allylic oxidation sites excluding steroid dienone is 2. The van der Waals surface area contributed by atoms with Crippen LogP contribution >= 0.6 is 0 Å². The molecule has 0 bridgehead atoms. The lowest BCUT2D eigenvalue weighted by Crippen LogP contribution is -2.47. The normalized spacial score (nSPS) is 12.2. The van der Waals surface area contributed by atoms with E-state index in [0.29, 0.717) is 19.4 Å². The van der Waals surface area contributed by atoms with E-state index in [0.717, 1.165) is 32.2 Å². The summed E-state index contributed by atoms with van der Waals surface area (Å²) in [5, 5.41) is 9.29. The molecule has 5 nitrogen and oxygen atoms in total. The predicted octanol–water partition coefficient (Wildman–Crippen LogP) is 11.1. The molecular formula is C40H79N3O2. The third-order valence-corrected chi connectivity index (χ3v) is 9.07. The first-order valence-corrected chi connectivity index (χ1v) is 20.0. The molecule has 0 aromatic carbocycles. The molecule has 0 fully saturated rings. The van der Waals surface area contributed by atoms with Crippen LogP contribution in [0.4, 0.5) is 0 Å². The first kappa shape index (κ1) is 43.6. The van der Waals surface area contributed by atoms with Gasteiger partial charge in [0.25, 0.3) is 0 Å². The van der Waals surface area contributed by atoms with E-state index in [1.807, 2.05) is 7.05 Å². The Kier molecular flexibility index (Phi) is 36.0. The highest BCUT2D eigenvalue weighted by atomic mass is 16.2. The van der Waals surface area contributed by atoms with Crippen LogP contribution in [0.15, 0.2) is 12.2 Å². The highest BCUT2D eigenvalue weighted by Gasteiger charge is 2.19. The maximum Gasteiger partial charge on any atom is 0.242 e. The van der Waals surface area contributed by atoms with Crippen molar-refractivity contribution in [2.24, 2.45) is 0 Å². The molecule has 0 saturated carbocycles. The molecule has 0 radical (unpaired) electrons. The van der Waals surface area contributed by atoms with Crippen molar-refractivity contribution in [1.29, 1.82) is 0 Å². The minimum absolute atomic E-state index is 0.0151. The number of amides is 2. The summed E-state index contributed by atoms with van der Waals surface area (Å²) >= 11 is 0.